The van der Waals surface area contributed by atoms with Gasteiger partial charge in [-0.15, -0.1) is 0 Å². The summed E-state index contributed by atoms with van der Waals surface area (Å²) in [6, 6.07) is 0. The molecule has 0 aromatic carbocycles. The number of hydrogen-bond donors (Lipinski definition) is 2. The summed E-state index contributed by atoms with van der Waals surface area (Å²) in [5.74, 6) is -1.07. The van der Waals surface area contributed by atoms with Crippen molar-refractivity contribution < 1.29 is 29.3 Å². The van der Waals surface area contributed by atoms with Gasteiger partial charge in [-0.1, -0.05) is 0 Å². The topological polar surface area (TPSA) is 93.1 Å². The van der Waals surface area contributed by atoms with Crippen LogP contribution in [0.2, 0.25) is 0 Å². The zero-order valence-electron chi connectivity index (χ0n) is 9.06. The van der Waals surface area contributed by atoms with Crippen LogP contribution in [0.25, 0.3) is 0 Å². The third kappa shape index (κ3) is 15.6. The van der Waals surface area contributed by atoms with Crippen LogP contribution in [0.5, 0.6) is 0 Å². The number of rotatable bonds is 5. The predicted octanol–water partition coefficient (Wildman–Crippen LogP) is -0.526. The number of ether oxygens (including phenoxy) is 2. The van der Waals surface area contributed by atoms with Crippen LogP contribution in [-0.2, 0) is 19.1 Å². The number of carbonyl (C=O) groups excluding carboxylic acids is 2. The fraction of sp³-hybridized carbons (Fsp3) is 0.778. The monoisotopic (exact) mass is 222 g/mol. The lowest BCUT2D eigenvalue weighted by Gasteiger charge is -2.00. The zero-order valence-corrected chi connectivity index (χ0v) is 9.06. The molecule has 0 spiro atoms. The molecule has 0 bridgehead atoms. The third-order valence-electron chi connectivity index (χ3n) is 0.999. The lowest BCUT2D eigenvalue weighted by atomic mass is 10.4. The Bertz CT molecular complexity index is 150. The van der Waals surface area contributed by atoms with Crippen molar-refractivity contribution >= 4 is 11.9 Å². The second kappa shape index (κ2) is 12.9. The Balaban J connectivity index is 0. The van der Waals surface area contributed by atoms with E-state index in [0.717, 1.165) is 0 Å². The minimum absolute atomic E-state index is 0.125. The van der Waals surface area contributed by atoms with Gasteiger partial charge in [0, 0.05) is 0 Å². The van der Waals surface area contributed by atoms with Crippen LogP contribution in [0.3, 0.4) is 0 Å². The van der Waals surface area contributed by atoms with Crippen molar-refractivity contribution in [3.05, 3.63) is 0 Å². The summed E-state index contributed by atoms with van der Waals surface area (Å²) in [6.07, 6.45) is -0.290. The van der Waals surface area contributed by atoms with Gasteiger partial charge in [0.05, 0.1) is 26.4 Å². The molecule has 6 heteroatoms. The molecule has 6 nitrogen and oxygen atoms in total. The number of hydrogen-bond acceptors (Lipinski definition) is 6. The van der Waals surface area contributed by atoms with Crippen LogP contribution < -0.4 is 0 Å². The van der Waals surface area contributed by atoms with Crippen molar-refractivity contribution in [2.45, 2.75) is 20.3 Å². The van der Waals surface area contributed by atoms with Crippen LogP contribution in [0.4, 0.5) is 0 Å². The van der Waals surface area contributed by atoms with E-state index in [1.54, 1.807) is 13.8 Å². The summed E-state index contributed by atoms with van der Waals surface area (Å²) < 4.78 is 9.04. The van der Waals surface area contributed by atoms with Gasteiger partial charge in [-0.3, -0.25) is 9.59 Å². The van der Waals surface area contributed by atoms with Gasteiger partial charge in [0.25, 0.3) is 0 Å². The van der Waals surface area contributed by atoms with Gasteiger partial charge in [0.15, 0.2) is 0 Å². The maximum Gasteiger partial charge on any atom is 0.317 e. The highest BCUT2D eigenvalue weighted by molar-refractivity contribution is 5.91. The second-order valence-corrected chi connectivity index (χ2v) is 2.23. The van der Waals surface area contributed by atoms with Crippen LogP contribution in [0, 0.1) is 0 Å². The van der Waals surface area contributed by atoms with Crippen molar-refractivity contribution in [1.82, 2.24) is 0 Å². The Morgan fingerprint density at radius 3 is 1.47 bits per heavy atom. The summed E-state index contributed by atoms with van der Waals surface area (Å²) in [5.41, 5.74) is 0. The van der Waals surface area contributed by atoms with E-state index in [-0.39, 0.29) is 32.8 Å². The Kier molecular flexibility index (Phi) is 14.0. The van der Waals surface area contributed by atoms with Crippen molar-refractivity contribution in [2.75, 3.05) is 26.4 Å². The molecule has 90 valence electrons. The first-order valence-corrected chi connectivity index (χ1v) is 4.65. The molecule has 0 unspecified atom stereocenters. The SMILES string of the molecule is CCOC(=O)CC(=O)OCC.OCCO. The average Bonchev–Trinajstić information content (AvgIpc) is 2.18. The van der Waals surface area contributed by atoms with Gasteiger partial charge in [0.2, 0.25) is 0 Å². The standard InChI is InChI=1S/C7H12O4.C2H6O2/c1-3-10-6(8)5-7(9)11-4-2;3-1-2-4/h3-5H2,1-2H3;3-4H,1-2H2. The quantitative estimate of drug-likeness (QED) is 0.480. The summed E-state index contributed by atoms with van der Waals surface area (Å²) in [4.78, 5) is 21.2. The maximum absolute atomic E-state index is 10.6. The molecule has 0 fully saturated rings. The van der Waals surface area contributed by atoms with Crippen LogP contribution in [0.1, 0.15) is 20.3 Å². The number of carbonyl (C=O) groups is 2. The molecule has 0 aliphatic heterocycles. The fourth-order valence-corrected chi connectivity index (χ4v) is 0.542. The molecule has 0 rings (SSSR count). The normalized spacial score (nSPS) is 8.53. The highest BCUT2D eigenvalue weighted by Gasteiger charge is 2.09. The third-order valence-corrected chi connectivity index (χ3v) is 0.999. The molecule has 0 aromatic heterocycles. The van der Waals surface area contributed by atoms with E-state index in [1.165, 1.54) is 0 Å². The first-order valence-electron chi connectivity index (χ1n) is 4.65. The van der Waals surface area contributed by atoms with Crippen molar-refractivity contribution in [1.29, 1.82) is 0 Å². The van der Waals surface area contributed by atoms with Gasteiger partial charge in [-0.25, -0.2) is 0 Å². The molecular formula is C9H18O6. The van der Waals surface area contributed by atoms with Crippen LogP contribution >= 0.6 is 0 Å². The molecule has 0 aliphatic carbocycles. The summed E-state index contributed by atoms with van der Waals surface area (Å²) >= 11 is 0. The van der Waals surface area contributed by atoms with E-state index < -0.39 is 11.9 Å². The van der Waals surface area contributed by atoms with Crippen LogP contribution in [-0.4, -0.2) is 48.6 Å². The van der Waals surface area contributed by atoms with E-state index in [2.05, 4.69) is 9.47 Å². The highest BCUT2D eigenvalue weighted by atomic mass is 16.5. The molecule has 0 radical (unpaired) electrons. The number of esters is 2. The molecule has 0 amide bonds. The van der Waals surface area contributed by atoms with Crippen molar-refractivity contribution in [2.24, 2.45) is 0 Å². The molecule has 2 N–H and O–H groups in total. The van der Waals surface area contributed by atoms with Gasteiger partial charge in [-0.05, 0) is 13.8 Å². The molecule has 0 aromatic rings. The van der Waals surface area contributed by atoms with E-state index in [1.807, 2.05) is 0 Å². The lowest BCUT2D eigenvalue weighted by Crippen LogP contribution is -2.13. The predicted molar refractivity (Wildman–Crippen MR) is 52.1 cm³/mol. The molecular weight excluding hydrogens is 204 g/mol. The van der Waals surface area contributed by atoms with Crippen molar-refractivity contribution in [3.63, 3.8) is 0 Å². The summed E-state index contributed by atoms with van der Waals surface area (Å²) in [6.45, 7) is 3.70. The van der Waals surface area contributed by atoms with Gasteiger partial charge in [-0.2, -0.15) is 0 Å². The van der Waals surface area contributed by atoms with Gasteiger partial charge in [0.1, 0.15) is 6.42 Å². The number of aliphatic hydroxyl groups excluding tert-OH is 2. The molecule has 0 saturated heterocycles. The fourth-order valence-electron chi connectivity index (χ4n) is 0.542. The van der Waals surface area contributed by atoms with Crippen LogP contribution in [0.15, 0.2) is 0 Å². The van der Waals surface area contributed by atoms with E-state index in [0.29, 0.717) is 0 Å². The Labute approximate surface area is 88.8 Å². The Morgan fingerprint density at radius 1 is 0.933 bits per heavy atom. The summed E-state index contributed by atoms with van der Waals surface area (Å²) in [5, 5.41) is 15.2. The van der Waals surface area contributed by atoms with E-state index in [4.69, 9.17) is 10.2 Å². The smallest absolute Gasteiger partial charge is 0.317 e. The van der Waals surface area contributed by atoms with Crippen molar-refractivity contribution in [3.8, 4) is 0 Å². The molecule has 0 atom stereocenters. The van der Waals surface area contributed by atoms with E-state index in [9.17, 15) is 9.59 Å². The maximum atomic E-state index is 10.6. The lowest BCUT2D eigenvalue weighted by molar-refractivity contribution is -0.153. The molecule has 0 heterocycles. The Hall–Kier alpha value is -1.14. The summed E-state index contributed by atoms with van der Waals surface area (Å²) in [7, 11) is 0. The van der Waals surface area contributed by atoms with Gasteiger partial charge < -0.3 is 19.7 Å². The molecule has 15 heavy (non-hydrogen) atoms. The minimum atomic E-state index is -0.536. The largest absolute Gasteiger partial charge is 0.466 e. The number of aliphatic hydroxyl groups is 2. The Morgan fingerprint density at radius 2 is 1.27 bits per heavy atom. The second-order valence-electron chi connectivity index (χ2n) is 2.23. The zero-order chi connectivity index (χ0) is 12.1. The van der Waals surface area contributed by atoms with E-state index >= 15 is 0 Å². The first-order chi connectivity index (χ1) is 7.12. The molecule has 0 saturated carbocycles. The minimum Gasteiger partial charge on any atom is -0.466 e. The first kappa shape index (κ1) is 16.3. The highest BCUT2D eigenvalue weighted by Crippen LogP contribution is 1.89. The average molecular weight is 222 g/mol. The molecule has 0 aliphatic rings. The van der Waals surface area contributed by atoms with Gasteiger partial charge >= 0.3 is 11.9 Å².